The second kappa shape index (κ2) is 8.23. The monoisotopic (exact) mass is 488 g/mol. The first-order chi connectivity index (χ1) is 15.8. The van der Waals surface area contributed by atoms with Crippen LogP contribution in [-0.4, -0.2) is 63.5 Å². The smallest absolute Gasteiger partial charge is 0.285 e. The van der Waals surface area contributed by atoms with Crippen LogP contribution in [0.4, 0.5) is 5.69 Å². The van der Waals surface area contributed by atoms with Crippen molar-refractivity contribution >= 4 is 37.5 Å². The molecule has 3 heterocycles. The number of nitrogens with one attached hydrogen (secondary N) is 1. The zero-order chi connectivity index (χ0) is 23.2. The molecule has 0 aliphatic carbocycles. The van der Waals surface area contributed by atoms with Crippen LogP contribution in [0.2, 0.25) is 0 Å². The van der Waals surface area contributed by atoms with Gasteiger partial charge >= 0.3 is 0 Å². The van der Waals surface area contributed by atoms with Gasteiger partial charge in [0.25, 0.3) is 10.0 Å². The van der Waals surface area contributed by atoms with E-state index in [9.17, 15) is 21.6 Å². The maximum absolute atomic E-state index is 13.1. The van der Waals surface area contributed by atoms with Crippen molar-refractivity contribution in [2.24, 2.45) is 4.40 Å². The third-order valence-electron chi connectivity index (χ3n) is 6.26. The minimum atomic E-state index is -3.77. The van der Waals surface area contributed by atoms with Gasteiger partial charge in [-0.25, -0.2) is 8.42 Å². The number of likely N-dealkylation sites (tertiary alicyclic amines) is 1. The molecule has 11 heteroatoms. The lowest BCUT2D eigenvalue weighted by Crippen LogP contribution is -2.43. The van der Waals surface area contributed by atoms with Gasteiger partial charge in [-0.1, -0.05) is 12.1 Å². The lowest BCUT2D eigenvalue weighted by Gasteiger charge is -2.25. The number of carbonyl (C=O) groups is 1. The van der Waals surface area contributed by atoms with Gasteiger partial charge in [0.05, 0.1) is 4.90 Å². The van der Waals surface area contributed by atoms with Crippen molar-refractivity contribution < 1.29 is 21.6 Å². The van der Waals surface area contributed by atoms with Gasteiger partial charge in [-0.2, -0.15) is 12.7 Å². The van der Waals surface area contributed by atoms with E-state index < -0.39 is 26.1 Å². The fraction of sp³-hybridized carbons (Fsp3) is 0.364. The standard InChI is InChI=1S/C22H24N4O5S2/c27-22(23-16-9-11-17(12-10-16)33(30,31)25-13-3-4-14-25)19-7-5-15-26(19)21-18-6-1-2-8-20(18)32(28,29)24-21/h1-2,6,8-12,19H,3-5,7,13-15H2,(H,23,27)/t19-/m0/s1. The highest BCUT2D eigenvalue weighted by atomic mass is 32.2. The van der Waals surface area contributed by atoms with Crippen molar-refractivity contribution in [2.75, 3.05) is 25.0 Å². The number of hydrogen-bond donors (Lipinski definition) is 1. The first-order valence-corrected chi connectivity index (χ1v) is 13.8. The number of nitrogens with zero attached hydrogens (tertiary/aromatic N) is 3. The zero-order valence-electron chi connectivity index (χ0n) is 17.8. The Labute approximate surface area is 193 Å². The Kier molecular flexibility index (Phi) is 5.50. The zero-order valence-corrected chi connectivity index (χ0v) is 19.5. The van der Waals surface area contributed by atoms with Crippen molar-refractivity contribution in [2.45, 2.75) is 41.5 Å². The maximum atomic E-state index is 13.1. The molecule has 0 bridgehead atoms. The fourth-order valence-electron chi connectivity index (χ4n) is 4.60. The fourth-order valence-corrected chi connectivity index (χ4v) is 7.34. The van der Waals surface area contributed by atoms with Crippen molar-refractivity contribution in [1.82, 2.24) is 9.21 Å². The first-order valence-electron chi connectivity index (χ1n) is 10.9. The number of amides is 1. The van der Waals surface area contributed by atoms with Gasteiger partial charge in [-0.15, -0.1) is 4.40 Å². The number of anilines is 1. The molecule has 0 radical (unpaired) electrons. The minimum absolute atomic E-state index is 0.154. The van der Waals surface area contributed by atoms with Crippen LogP contribution < -0.4 is 5.32 Å². The number of fused-ring (bicyclic) bond motifs is 1. The summed E-state index contributed by atoms with van der Waals surface area (Å²) in [6.07, 6.45) is 3.02. The molecule has 0 unspecified atom stereocenters. The van der Waals surface area contributed by atoms with Gasteiger partial charge in [0, 0.05) is 30.9 Å². The molecule has 0 saturated carbocycles. The molecule has 2 saturated heterocycles. The molecule has 2 fully saturated rings. The van der Waals surface area contributed by atoms with E-state index in [1.807, 2.05) is 0 Å². The molecule has 1 amide bonds. The number of hydrogen-bond acceptors (Lipinski definition) is 6. The average molecular weight is 489 g/mol. The average Bonchev–Trinajstić information content (AvgIpc) is 3.54. The van der Waals surface area contributed by atoms with Gasteiger partial charge in [0.2, 0.25) is 15.9 Å². The summed E-state index contributed by atoms with van der Waals surface area (Å²) in [5.41, 5.74) is 0.988. The van der Waals surface area contributed by atoms with Crippen LogP contribution in [-0.2, 0) is 24.8 Å². The summed E-state index contributed by atoms with van der Waals surface area (Å²) in [7, 11) is -7.29. The normalized spacial score (nSPS) is 22.2. The first kappa shape index (κ1) is 22.1. The molecule has 174 valence electrons. The van der Waals surface area contributed by atoms with Crippen molar-refractivity contribution in [3.63, 3.8) is 0 Å². The van der Waals surface area contributed by atoms with Crippen LogP contribution in [0.5, 0.6) is 0 Å². The van der Waals surface area contributed by atoms with Crippen LogP contribution in [0.3, 0.4) is 0 Å². The van der Waals surface area contributed by atoms with E-state index in [-0.39, 0.29) is 15.7 Å². The van der Waals surface area contributed by atoms with Crippen LogP contribution in [0.15, 0.2) is 62.7 Å². The lowest BCUT2D eigenvalue weighted by atomic mass is 10.1. The van der Waals surface area contributed by atoms with Crippen molar-refractivity contribution in [3.8, 4) is 0 Å². The number of rotatable bonds is 4. The quantitative estimate of drug-likeness (QED) is 0.704. The Morgan fingerprint density at radius 2 is 1.67 bits per heavy atom. The molecule has 2 aromatic rings. The summed E-state index contributed by atoms with van der Waals surface area (Å²) in [5.74, 6) is 0.0161. The molecule has 2 aromatic carbocycles. The summed E-state index contributed by atoms with van der Waals surface area (Å²) in [6, 6.07) is 12.2. The van der Waals surface area contributed by atoms with E-state index in [0.29, 0.717) is 43.1 Å². The summed E-state index contributed by atoms with van der Waals surface area (Å²) >= 11 is 0. The number of carbonyl (C=O) groups excluding carboxylic acids is 1. The Bertz CT molecular complexity index is 1330. The van der Waals surface area contributed by atoms with Crippen LogP contribution in [0.1, 0.15) is 31.2 Å². The summed E-state index contributed by atoms with van der Waals surface area (Å²) in [6.45, 7) is 1.58. The highest BCUT2D eigenvalue weighted by Crippen LogP contribution is 2.31. The number of amidine groups is 1. The second-order valence-corrected chi connectivity index (χ2v) is 11.9. The van der Waals surface area contributed by atoms with Gasteiger partial charge in [0.1, 0.15) is 10.9 Å². The van der Waals surface area contributed by atoms with Gasteiger partial charge < -0.3 is 10.2 Å². The summed E-state index contributed by atoms with van der Waals surface area (Å²) < 4.78 is 55.7. The topological polar surface area (TPSA) is 116 Å². The Morgan fingerprint density at radius 1 is 0.970 bits per heavy atom. The summed E-state index contributed by atoms with van der Waals surface area (Å²) in [5, 5.41) is 2.84. The predicted octanol–water partition coefficient (Wildman–Crippen LogP) is 2.02. The molecule has 3 aliphatic rings. The Balaban J connectivity index is 1.33. The van der Waals surface area contributed by atoms with E-state index in [4.69, 9.17) is 0 Å². The largest absolute Gasteiger partial charge is 0.343 e. The molecule has 1 N–H and O–H groups in total. The molecule has 1 atom stereocenters. The Morgan fingerprint density at radius 3 is 2.39 bits per heavy atom. The second-order valence-electron chi connectivity index (χ2n) is 8.36. The number of sulfonamides is 2. The van der Waals surface area contributed by atoms with Crippen molar-refractivity contribution in [3.05, 3.63) is 54.1 Å². The molecule has 5 rings (SSSR count). The van der Waals surface area contributed by atoms with E-state index >= 15 is 0 Å². The summed E-state index contributed by atoms with van der Waals surface area (Å²) in [4.78, 5) is 15.2. The van der Waals surface area contributed by atoms with Crippen LogP contribution in [0, 0.1) is 0 Å². The highest BCUT2D eigenvalue weighted by Gasteiger charge is 2.39. The molecular weight excluding hydrogens is 464 g/mol. The Hall–Kier alpha value is -2.76. The number of benzene rings is 2. The van der Waals surface area contributed by atoms with Crippen molar-refractivity contribution in [1.29, 1.82) is 0 Å². The van der Waals surface area contributed by atoms with E-state index in [0.717, 1.165) is 19.3 Å². The molecule has 9 nitrogen and oxygen atoms in total. The van der Waals surface area contributed by atoms with E-state index in [2.05, 4.69) is 9.71 Å². The molecule has 3 aliphatic heterocycles. The third kappa shape index (κ3) is 3.94. The SMILES string of the molecule is O=C(Nc1ccc(S(=O)(=O)N2CCCC2)cc1)[C@@H]1CCCN1C1=NS(=O)(=O)c2ccccc21. The van der Waals surface area contributed by atoms with E-state index in [1.54, 1.807) is 35.2 Å². The van der Waals surface area contributed by atoms with Gasteiger partial charge in [-0.3, -0.25) is 4.79 Å². The molecule has 0 aromatic heterocycles. The molecule has 0 spiro atoms. The lowest BCUT2D eigenvalue weighted by molar-refractivity contribution is -0.119. The molecule has 33 heavy (non-hydrogen) atoms. The van der Waals surface area contributed by atoms with Gasteiger partial charge in [-0.05, 0) is 62.1 Å². The van der Waals surface area contributed by atoms with Gasteiger partial charge in [0.15, 0.2) is 5.84 Å². The minimum Gasteiger partial charge on any atom is -0.343 e. The highest BCUT2D eigenvalue weighted by molar-refractivity contribution is 7.90. The maximum Gasteiger partial charge on any atom is 0.285 e. The van der Waals surface area contributed by atoms with Crippen LogP contribution in [0.25, 0.3) is 0 Å². The molecular formula is C22H24N4O5S2. The predicted molar refractivity (Wildman–Crippen MR) is 123 cm³/mol. The van der Waals surface area contributed by atoms with E-state index in [1.165, 1.54) is 22.5 Å². The van der Waals surface area contributed by atoms with Crippen LogP contribution >= 0.6 is 0 Å². The third-order valence-corrected chi connectivity index (χ3v) is 9.50.